The summed E-state index contributed by atoms with van der Waals surface area (Å²) in [4.78, 5) is 8.30. The number of halogens is 3. The van der Waals surface area contributed by atoms with Gasteiger partial charge < -0.3 is 20.1 Å². The number of aliphatic imine (C=N–C) groups is 1. The molecule has 1 aliphatic heterocycles. The van der Waals surface area contributed by atoms with Crippen molar-refractivity contribution in [3.8, 4) is 11.5 Å². The van der Waals surface area contributed by atoms with Gasteiger partial charge in [0.25, 0.3) is 0 Å². The van der Waals surface area contributed by atoms with E-state index in [4.69, 9.17) is 9.47 Å². The molecule has 0 spiro atoms. The second-order valence-corrected chi connectivity index (χ2v) is 6.03. The number of pyridine rings is 1. The van der Waals surface area contributed by atoms with Gasteiger partial charge in [-0.15, -0.1) is 0 Å². The molecule has 2 heterocycles. The molecule has 1 aliphatic rings. The molecule has 1 atom stereocenters. The first-order chi connectivity index (χ1) is 13.3. The first-order valence-corrected chi connectivity index (χ1v) is 8.35. The van der Waals surface area contributed by atoms with E-state index in [0.717, 1.165) is 11.6 Å². The lowest BCUT2D eigenvalue weighted by Crippen LogP contribution is -2.38. The Morgan fingerprint density at radius 1 is 1.14 bits per heavy atom. The predicted octanol–water partition coefficient (Wildman–Crippen LogP) is 3.64. The van der Waals surface area contributed by atoms with Crippen LogP contribution in [0.15, 0.2) is 53.4 Å². The number of methoxy groups -OCH3 is 2. The van der Waals surface area contributed by atoms with E-state index in [1.54, 1.807) is 24.3 Å². The Labute approximate surface area is 160 Å². The van der Waals surface area contributed by atoms with Gasteiger partial charge in [-0.3, -0.25) is 4.98 Å². The van der Waals surface area contributed by atoms with Crippen LogP contribution >= 0.6 is 0 Å². The Bertz CT molecular complexity index is 911. The molecule has 148 valence electrons. The Morgan fingerprint density at radius 3 is 2.46 bits per heavy atom. The van der Waals surface area contributed by atoms with Crippen molar-refractivity contribution in [2.75, 3.05) is 19.5 Å². The van der Waals surface area contributed by atoms with Crippen LogP contribution in [0.3, 0.4) is 0 Å². The largest absolute Gasteiger partial charge is 0.493 e. The summed E-state index contributed by atoms with van der Waals surface area (Å²) in [5.74, 6) is 1.07. The summed E-state index contributed by atoms with van der Waals surface area (Å²) in [5, 5.41) is 5.36. The summed E-state index contributed by atoms with van der Waals surface area (Å²) in [6.45, 7) is 1.81. The summed E-state index contributed by atoms with van der Waals surface area (Å²) in [7, 11) is 3.00. The van der Waals surface area contributed by atoms with Crippen LogP contribution in [0.5, 0.6) is 11.5 Å². The van der Waals surface area contributed by atoms with Crippen molar-refractivity contribution in [3.63, 3.8) is 0 Å². The number of alkyl halides is 3. The fourth-order valence-corrected chi connectivity index (χ4v) is 2.72. The highest BCUT2D eigenvalue weighted by Gasteiger charge is 2.37. The lowest BCUT2D eigenvalue weighted by atomic mass is 10.1. The van der Waals surface area contributed by atoms with Crippen LogP contribution in [0.25, 0.3) is 0 Å². The fourth-order valence-electron chi connectivity index (χ4n) is 2.72. The molecule has 28 heavy (non-hydrogen) atoms. The summed E-state index contributed by atoms with van der Waals surface area (Å²) >= 11 is 0. The van der Waals surface area contributed by atoms with E-state index in [2.05, 4.69) is 20.6 Å². The van der Waals surface area contributed by atoms with Crippen LogP contribution in [0.1, 0.15) is 11.1 Å². The highest BCUT2D eigenvalue weighted by molar-refractivity contribution is 6.00. The Kier molecular flexibility index (Phi) is 5.43. The van der Waals surface area contributed by atoms with Gasteiger partial charge in [-0.25, -0.2) is 4.99 Å². The van der Waals surface area contributed by atoms with Crippen molar-refractivity contribution in [3.05, 3.63) is 59.6 Å². The van der Waals surface area contributed by atoms with Gasteiger partial charge in [-0.2, -0.15) is 13.2 Å². The zero-order valence-corrected chi connectivity index (χ0v) is 15.5. The number of benzene rings is 1. The quantitative estimate of drug-likeness (QED) is 0.813. The van der Waals surface area contributed by atoms with Gasteiger partial charge in [0.05, 0.1) is 14.2 Å². The molecule has 1 aromatic heterocycles. The zero-order valence-electron chi connectivity index (χ0n) is 15.5. The topological polar surface area (TPSA) is 67.8 Å². The number of ether oxygens (including phenoxy) is 2. The molecule has 0 fully saturated rings. The van der Waals surface area contributed by atoms with Crippen LogP contribution in [-0.2, 0) is 0 Å². The third kappa shape index (κ3) is 4.19. The van der Waals surface area contributed by atoms with Gasteiger partial charge in [0.2, 0.25) is 0 Å². The number of allylic oxidation sites excluding steroid dienone is 1. The van der Waals surface area contributed by atoms with E-state index in [1.165, 1.54) is 26.6 Å². The van der Waals surface area contributed by atoms with Gasteiger partial charge in [0.15, 0.2) is 11.5 Å². The monoisotopic (exact) mass is 392 g/mol. The summed E-state index contributed by atoms with van der Waals surface area (Å²) in [6.07, 6.45) is -1.50. The maximum absolute atomic E-state index is 13.4. The molecule has 9 heteroatoms. The lowest BCUT2D eigenvalue weighted by Gasteiger charge is -2.25. The molecule has 0 amide bonds. The van der Waals surface area contributed by atoms with E-state index >= 15 is 0 Å². The van der Waals surface area contributed by atoms with Crippen LogP contribution in [-0.4, -0.2) is 37.4 Å². The number of rotatable bonds is 5. The second kappa shape index (κ2) is 7.79. The summed E-state index contributed by atoms with van der Waals surface area (Å²) in [5.41, 5.74) is 0.915. The molecule has 0 bridgehead atoms. The molecule has 0 radical (unpaired) electrons. The van der Waals surface area contributed by atoms with Gasteiger partial charge in [0, 0.05) is 29.7 Å². The van der Waals surface area contributed by atoms with Crippen molar-refractivity contribution in [2.45, 2.75) is 19.3 Å². The third-order valence-electron chi connectivity index (χ3n) is 4.12. The van der Waals surface area contributed by atoms with Crippen LogP contribution < -0.4 is 20.1 Å². The highest BCUT2D eigenvalue weighted by Crippen LogP contribution is 2.34. The summed E-state index contributed by atoms with van der Waals surface area (Å²) in [6, 6.07) is 6.67. The molecule has 6 nitrogen and oxygen atoms in total. The first-order valence-electron chi connectivity index (χ1n) is 8.35. The number of aromatic nitrogens is 1. The molecule has 0 saturated carbocycles. The molecule has 2 aromatic rings. The van der Waals surface area contributed by atoms with E-state index in [-0.39, 0.29) is 5.84 Å². The first kappa shape index (κ1) is 19.5. The van der Waals surface area contributed by atoms with Gasteiger partial charge >= 0.3 is 6.18 Å². The Hall–Kier alpha value is -3.23. The number of anilines is 1. The maximum atomic E-state index is 13.4. The number of nitrogens with zero attached hydrogens (tertiary/aromatic N) is 2. The van der Waals surface area contributed by atoms with Crippen LogP contribution in [0.4, 0.5) is 18.9 Å². The maximum Gasteiger partial charge on any atom is 0.431 e. The minimum atomic E-state index is -4.55. The van der Waals surface area contributed by atoms with E-state index in [0.29, 0.717) is 22.7 Å². The lowest BCUT2D eigenvalue weighted by molar-refractivity contribution is -0.0954. The molecule has 2 N–H and O–H groups in total. The van der Waals surface area contributed by atoms with Gasteiger partial charge in [-0.05, 0) is 36.8 Å². The van der Waals surface area contributed by atoms with Crippen molar-refractivity contribution in [2.24, 2.45) is 4.99 Å². The third-order valence-corrected chi connectivity index (χ3v) is 4.12. The normalized spacial score (nSPS) is 16.6. The van der Waals surface area contributed by atoms with Crippen molar-refractivity contribution < 1.29 is 22.6 Å². The van der Waals surface area contributed by atoms with Gasteiger partial charge in [0.1, 0.15) is 17.7 Å². The number of hydrogen-bond donors (Lipinski definition) is 2. The molecular formula is C19H19F3N4O2. The Balaban J connectivity index is 1.97. The molecule has 3 rings (SSSR count). The standard InChI is InChI=1S/C19H19F3N4O2/c1-11-7-14(27-2)15(28-3)8-13(11)24-17-9-16(19(20,21)22)25-18(26-17)12-5-4-6-23-10-12/h4-10,17,24H,1-3H3,(H,25,26). The molecule has 0 saturated heterocycles. The van der Waals surface area contributed by atoms with Crippen LogP contribution in [0, 0.1) is 6.92 Å². The summed E-state index contributed by atoms with van der Waals surface area (Å²) < 4.78 is 50.6. The SMILES string of the molecule is COc1cc(C)c(NC2C=C(C(F)(F)F)NC(c3cccnc3)=N2)cc1OC. The number of hydrogen-bond acceptors (Lipinski definition) is 6. The zero-order chi connectivity index (χ0) is 20.3. The highest BCUT2D eigenvalue weighted by atomic mass is 19.4. The van der Waals surface area contributed by atoms with Crippen LogP contribution in [0.2, 0.25) is 0 Å². The van der Waals surface area contributed by atoms with Crippen molar-refractivity contribution >= 4 is 11.5 Å². The van der Waals surface area contributed by atoms with E-state index in [1.807, 2.05) is 6.92 Å². The molecular weight excluding hydrogens is 373 g/mol. The molecule has 1 unspecified atom stereocenters. The van der Waals surface area contributed by atoms with Crippen molar-refractivity contribution in [1.82, 2.24) is 10.3 Å². The smallest absolute Gasteiger partial charge is 0.431 e. The minimum Gasteiger partial charge on any atom is -0.493 e. The molecule has 1 aromatic carbocycles. The molecule has 0 aliphatic carbocycles. The second-order valence-electron chi connectivity index (χ2n) is 6.03. The average molecular weight is 392 g/mol. The predicted molar refractivity (Wildman–Crippen MR) is 99.7 cm³/mol. The Morgan fingerprint density at radius 2 is 1.86 bits per heavy atom. The average Bonchev–Trinajstić information content (AvgIpc) is 2.69. The van der Waals surface area contributed by atoms with Gasteiger partial charge in [-0.1, -0.05) is 0 Å². The fraction of sp³-hybridized carbons (Fsp3) is 0.263. The minimum absolute atomic E-state index is 0.0820. The van der Waals surface area contributed by atoms with Crippen molar-refractivity contribution in [1.29, 1.82) is 0 Å². The number of nitrogens with one attached hydrogen (secondary N) is 2. The van der Waals surface area contributed by atoms with E-state index < -0.39 is 18.0 Å². The number of amidine groups is 1. The number of aryl methyl sites for hydroxylation is 1. The van der Waals surface area contributed by atoms with E-state index in [9.17, 15) is 13.2 Å².